The molecule has 8 heteroatoms. The first kappa shape index (κ1) is 25.2. The Hall–Kier alpha value is -2.93. The SMILES string of the molecule is O=C(N[C@@H]1CCCC[C@H]1NC(=O)[C@H]1CCCN(C(=O)[C@@H](Cl)c2ccccc2)C1)c1ccc(F)cc1. The smallest absolute Gasteiger partial charge is 0.251 e. The fourth-order valence-electron chi connectivity index (χ4n) is 4.95. The third-order valence-corrected chi connectivity index (χ3v) is 7.37. The molecule has 0 unspecified atom stereocenters. The lowest BCUT2D eigenvalue weighted by atomic mass is 9.88. The molecule has 2 aromatic carbocycles. The minimum atomic E-state index is -0.776. The van der Waals surface area contributed by atoms with Gasteiger partial charge in [-0.2, -0.15) is 0 Å². The summed E-state index contributed by atoms with van der Waals surface area (Å²) in [5.41, 5.74) is 1.13. The molecule has 35 heavy (non-hydrogen) atoms. The Morgan fingerprint density at radius 2 is 1.54 bits per heavy atom. The van der Waals surface area contributed by atoms with Crippen LogP contribution in [0.4, 0.5) is 4.39 Å². The van der Waals surface area contributed by atoms with Crippen molar-refractivity contribution in [3.05, 3.63) is 71.5 Å². The van der Waals surface area contributed by atoms with Gasteiger partial charge in [-0.1, -0.05) is 43.2 Å². The number of hydrogen-bond donors (Lipinski definition) is 2. The van der Waals surface area contributed by atoms with Gasteiger partial charge in [-0.15, -0.1) is 11.6 Å². The van der Waals surface area contributed by atoms with Gasteiger partial charge < -0.3 is 15.5 Å². The van der Waals surface area contributed by atoms with Gasteiger partial charge in [0.1, 0.15) is 11.2 Å². The summed E-state index contributed by atoms with van der Waals surface area (Å²) in [5, 5.41) is 5.38. The van der Waals surface area contributed by atoms with E-state index in [1.54, 1.807) is 4.90 Å². The number of rotatable bonds is 6. The van der Waals surface area contributed by atoms with E-state index in [1.807, 2.05) is 30.3 Å². The van der Waals surface area contributed by atoms with Crippen molar-refractivity contribution < 1.29 is 18.8 Å². The number of halogens is 2. The third kappa shape index (κ3) is 6.40. The summed E-state index contributed by atoms with van der Waals surface area (Å²) >= 11 is 6.45. The lowest BCUT2D eigenvalue weighted by molar-refractivity contribution is -0.135. The first-order chi connectivity index (χ1) is 16.9. The lowest BCUT2D eigenvalue weighted by Crippen LogP contribution is -2.55. The predicted octanol–water partition coefficient (Wildman–Crippen LogP) is 4.20. The maximum absolute atomic E-state index is 13.2. The lowest BCUT2D eigenvalue weighted by Gasteiger charge is -2.36. The van der Waals surface area contributed by atoms with Gasteiger partial charge in [0.05, 0.1) is 5.92 Å². The molecule has 1 saturated carbocycles. The Kier molecular flexibility index (Phi) is 8.39. The Balaban J connectivity index is 1.35. The van der Waals surface area contributed by atoms with E-state index in [-0.39, 0.29) is 35.7 Å². The van der Waals surface area contributed by atoms with Crippen molar-refractivity contribution in [1.82, 2.24) is 15.5 Å². The highest BCUT2D eigenvalue weighted by Gasteiger charge is 2.34. The molecule has 2 aromatic rings. The van der Waals surface area contributed by atoms with Gasteiger partial charge in [-0.25, -0.2) is 4.39 Å². The molecule has 3 amide bonds. The second-order valence-corrected chi connectivity index (χ2v) is 9.82. The van der Waals surface area contributed by atoms with Crippen LogP contribution >= 0.6 is 11.6 Å². The van der Waals surface area contributed by atoms with Crippen LogP contribution in [0.2, 0.25) is 0 Å². The summed E-state index contributed by atoms with van der Waals surface area (Å²) in [7, 11) is 0. The number of likely N-dealkylation sites (tertiary alicyclic amines) is 1. The average molecular weight is 500 g/mol. The van der Waals surface area contributed by atoms with E-state index in [0.29, 0.717) is 25.1 Å². The number of hydrogen-bond acceptors (Lipinski definition) is 3. The van der Waals surface area contributed by atoms with E-state index in [1.165, 1.54) is 24.3 Å². The zero-order valence-corrected chi connectivity index (χ0v) is 20.3. The fourth-order valence-corrected chi connectivity index (χ4v) is 5.23. The summed E-state index contributed by atoms with van der Waals surface area (Å²) in [6.45, 7) is 0.915. The molecule has 0 spiro atoms. The van der Waals surface area contributed by atoms with Gasteiger partial charge in [-0.05, 0) is 55.5 Å². The molecule has 0 aromatic heterocycles. The molecule has 4 atom stereocenters. The van der Waals surface area contributed by atoms with Crippen molar-refractivity contribution in [1.29, 1.82) is 0 Å². The van der Waals surface area contributed by atoms with Crippen LogP contribution in [0.3, 0.4) is 0 Å². The van der Waals surface area contributed by atoms with Crippen LogP contribution < -0.4 is 10.6 Å². The number of piperidine rings is 1. The first-order valence-electron chi connectivity index (χ1n) is 12.3. The van der Waals surface area contributed by atoms with Crippen LogP contribution in [0.15, 0.2) is 54.6 Å². The van der Waals surface area contributed by atoms with Gasteiger partial charge in [0.25, 0.3) is 5.91 Å². The minimum Gasteiger partial charge on any atom is -0.351 e. The zero-order valence-electron chi connectivity index (χ0n) is 19.6. The molecular formula is C27H31ClFN3O3. The first-order valence-corrected chi connectivity index (χ1v) is 12.7. The quantitative estimate of drug-likeness (QED) is 0.585. The van der Waals surface area contributed by atoms with Crippen molar-refractivity contribution in [2.45, 2.75) is 56.0 Å². The highest BCUT2D eigenvalue weighted by molar-refractivity contribution is 6.30. The van der Waals surface area contributed by atoms with E-state index < -0.39 is 11.2 Å². The normalized spacial score (nSPS) is 23.3. The van der Waals surface area contributed by atoms with E-state index in [2.05, 4.69) is 10.6 Å². The summed E-state index contributed by atoms with van der Waals surface area (Å²) in [5.74, 6) is -1.27. The van der Waals surface area contributed by atoms with Gasteiger partial charge in [0.2, 0.25) is 11.8 Å². The van der Waals surface area contributed by atoms with Crippen LogP contribution in [-0.2, 0) is 9.59 Å². The van der Waals surface area contributed by atoms with Crippen molar-refractivity contribution in [3.8, 4) is 0 Å². The van der Waals surface area contributed by atoms with Crippen LogP contribution in [0, 0.1) is 11.7 Å². The van der Waals surface area contributed by atoms with Gasteiger partial charge in [-0.3, -0.25) is 14.4 Å². The molecule has 186 valence electrons. The molecular weight excluding hydrogens is 469 g/mol. The molecule has 2 fully saturated rings. The fraction of sp³-hybridized carbons (Fsp3) is 0.444. The highest BCUT2D eigenvalue weighted by Crippen LogP contribution is 2.27. The summed E-state index contributed by atoms with van der Waals surface area (Å²) in [6.07, 6.45) is 4.90. The monoisotopic (exact) mass is 499 g/mol. The number of benzene rings is 2. The van der Waals surface area contributed by atoms with Crippen molar-refractivity contribution in [2.24, 2.45) is 5.92 Å². The Bertz CT molecular complexity index is 1030. The average Bonchev–Trinajstić information content (AvgIpc) is 2.90. The Labute approximate surface area is 210 Å². The second kappa shape index (κ2) is 11.7. The third-order valence-electron chi connectivity index (χ3n) is 6.93. The van der Waals surface area contributed by atoms with Gasteiger partial charge in [0, 0.05) is 30.7 Å². The van der Waals surface area contributed by atoms with E-state index in [0.717, 1.165) is 37.7 Å². The van der Waals surface area contributed by atoms with E-state index in [4.69, 9.17) is 11.6 Å². The number of carbonyl (C=O) groups excluding carboxylic acids is 3. The summed E-state index contributed by atoms with van der Waals surface area (Å²) < 4.78 is 13.2. The minimum absolute atomic E-state index is 0.0961. The Morgan fingerprint density at radius 3 is 2.23 bits per heavy atom. The number of carbonyl (C=O) groups is 3. The molecule has 0 bridgehead atoms. The molecule has 1 saturated heterocycles. The molecule has 1 aliphatic heterocycles. The number of nitrogens with zero attached hydrogens (tertiary/aromatic N) is 1. The van der Waals surface area contributed by atoms with Crippen LogP contribution in [0.5, 0.6) is 0 Å². The molecule has 1 aliphatic carbocycles. The van der Waals surface area contributed by atoms with Crippen molar-refractivity contribution in [3.63, 3.8) is 0 Å². The number of amides is 3. The van der Waals surface area contributed by atoms with E-state index >= 15 is 0 Å². The predicted molar refractivity (Wildman–Crippen MR) is 132 cm³/mol. The highest BCUT2D eigenvalue weighted by atomic mass is 35.5. The second-order valence-electron chi connectivity index (χ2n) is 9.38. The zero-order chi connectivity index (χ0) is 24.8. The summed E-state index contributed by atoms with van der Waals surface area (Å²) in [6, 6.07) is 14.3. The molecule has 0 radical (unpaired) electrons. The number of nitrogens with one attached hydrogen (secondary N) is 2. The maximum Gasteiger partial charge on any atom is 0.251 e. The largest absolute Gasteiger partial charge is 0.351 e. The van der Waals surface area contributed by atoms with Crippen LogP contribution in [0.25, 0.3) is 0 Å². The molecule has 4 rings (SSSR count). The molecule has 2 N–H and O–H groups in total. The maximum atomic E-state index is 13.2. The van der Waals surface area contributed by atoms with Gasteiger partial charge in [0.15, 0.2) is 0 Å². The van der Waals surface area contributed by atoms with Crippen molar-refractivity contribution >= 4 is 29.3 Å². The number of alkyl halides is 1. The van der Waals surface area contributed by atoms with Gasteiger partial charge >= 0.3 is 0 Å². The molecule has 2 aliphatic rings. The van der Waals surface area contributed by atoms with Crippen LogP contribution in [-0.4, -0.2) is 47.8 Å². The van der Waals surface area contributed by atoms with Crippen LogP contribution in [0.1, 0.15) is 59.8 Å². The van der Waals surface area contributed by atoms with E-state index in [9.17, 15) is 18.8 Å². The summed E-state index contributed by atoms with van der Waals surface area (Å²) in [4.78, 5) is 40.5. The Morgan fingerprint density at radius 1 is 0.886 bits per heavy atom. The molecule has 1 heterocycles. The topological polar surface area (TPSA) is 78.5 Å². The van der Waals surface area contributed by atoms with Crippen molar-refractivity contribution in [2.75, 3.05) is 13.1 Å². The molecule has 6 nitrogen and oxygen atoms in total. The standard InChI is InChI=1S/C27H31ClFN3O3/c28-24(18-7-2-1-3-8-18)27(35)32-16-6-9-20(17-32)26(34)31-23-11-5-4-10-22(23)30-25(33)19-12-14-21(29)15-13-19/h1-3,7-8,12-15,20,22-24H,4-6,9-11,16-17H2,(H,30,33)(H,31,34)/t20-,22+,23+,24-/m0/s1.